The molecule has 0 spiro atoms. The van der Waals surface area contributed by atoms with E-state index in [4.69, 9.17) is 5.73 Å². The van der Waals surface area contributed by atoms with Crippen LogP contribution in [0.5, 0.6) is 0 Å². The predicted octanol–water partition coefficient (Wildman–Crippen LogP) is 3.45. The molecule has 0 amide bonds. The van der Waals surface area contributed by atoms with E-state index in [0.29, 0.717) is 0 Å². The van der Waals surface area contributed by atoms with Gasteiger partial charge in [-0.15, -0.1) is 0 Å². The van der Waals surface area contributed by atoms with Crippen LogP contribution in [0, 0.1) is 6.92 Å². The van der Waals surface area contributed by atoms with Crippen LogP contribution < -0.4 is 10.6 Å². The van der Waals surface area contributed by atoms with Crippen molar-refractivity contribution in [2.75, 3.05) is 17.2 Å². The molecule has 1 aromatic carbocycles. The number of aryl methyl sites for hydroxylation is 2. The largest absolute Gasteiger partial charge is 0.397 e. The third-order valence-corrected chi connectivity index (χ3v) is 3.77. The summed E-state index contributed by atoms with van der Waals surface area (Å²) in [6.45, 7) is 3.05. The minimum Gasteiger partial charge on any atom is -0.397 e. The zero-order valence-corrected chi connectivity index (χ0v) is 11.3. The second kappa shape index (κ2) is 4.92. The van der Waals surface area contributed by atoms with Crippen molar-refractivity contribution in [3.05, 3.63) is 47.7 Å². The van der Waals surface area contributed by atoms with Gasteiger partial charge in [0.1, 0.15) is 5.82 Å². The molecule has 3 heteroatoms. The lowest BCUT2D eigenvalue weighted by Crippen LogP contribution is -2.19. The van der Waals surface area contributed by atoms with Crippen LogP contribution in [0.1, 0.15) is 24.0 Å². The second-order valence-electron chi connectivity index (χ2n) is 5.14. The van der Waals surface area contributed by atoms with Crippen LogP contribution in [0.15, 0.2) is 36.5 Å². The molecule has 0 atom stereocenters. The molecule has 1 aromatic heterocycles. The molecule has 0 unspecified atom stereocenters. The van der Waals surface area contributed by atoms with Gasteiger partial charge in [-0.2, -0.15) is 0 Å². The maximum absolute atomic E-state index is 5.86. The number of pyridine rings is 1. The Kier molecular flexibility index (Phi) is 3.11. The molecular formula is C16H19N3. The average Bonchev–Trinajstić information content (AvgIpc) is 2.64. The molecule has 0 aliphatic carbocycles. The summed E-state index contributed by atoms with van der Waals surface area (Å²) < 4.78 is 0. The van der Waals surface area contributed by atoms with E-state index in [-0.39, 0.29) is 0 Å². The smallest absolute Gasteiger partial charge is 0.133 e. The number of aromatic nitrogens is 1. The number of nitrogens with zero attached hydrogens (tertiary/aromatic N) is 2. The summed E-state index contributed by atoms with van der Waals surface area (Å²) in [4.78, 5) is 6.82. The average molecular weight is 253 g/mol. The Balaban J connectivity index is 2.06. The number of anilines is 3. The molecule has 3 nitrogen and oxygen atoms in total. The summed E-state index contributed by atoms with van der Waals surface area (Å²) in [6, 6.07) is 10.7. The summed E-state index contributed by atoms with van der Waals surface area (Å²) in [7, 11) is 0. The quantitative estimate of drug-likeness (QED) is 0.846. The predicted molar refractivity (Wildman–Crippen MR) is 79.8 cm³/mol. The molecule has 0 saturated carbocycles. The van der Waals surface area contributed by atoms with Crippen molar-refractivity contribution in [3.8, 4) is 0 Å². The van der Waals surface area contributed by atoms with Gasteiger partial charge < -0.3 is 10.6 Å². The Morgan fingerprint density at radius 3 is 2.89 bits per heavy atom. The molecule has 3 rings (SSSR count). The van der Waals surface area contributed by atoms with Crippen molar-refractivity contribution < 1.29 is 0 Å². The van der Waals surface area contributed by atoms with E-state index in [0.717, 1.165) is 30.0 Å². The van der Waals surface area contributed by atoms with E-state index < -0.39 is 0 Å². The minimum absolute atomic E-state index is 0.756. The number of benzene rings is 1. The lowest BCUT2D eigenvalue weighted by molar-refractivity contribution is 0.757. The number of hydrogen-bond acceptors (Lipinski definition) is 3. The summed E-state index contributed by atoms with van der Waals surface area (Å²) in [5.41, 5.74) is 10.4. The first-order chi connectivity index (χ1) is 9.25. The SMILES string of the molecule is Cc1cc(N2CCCCc3ccccc32)ncc1N. The highest BCUT2D eigenvalue weighted by Gasteiger charge is 2.17. The number of nitrogens with two attached hydrogens (primary N) is 1. The van der Waals surface area contributed by atoms with Gasteiger partial charge in [0, 0.05) is 12.2 Å². The maximum atomic E-state index is 5.86. The summed E-state index contributed by atoms with van der Waals surface area (Å²) in [6.07, 6.45) is 5.35. The standard InChI is InChI=1S/C16H19N3/c1-12-10-16(18-11-14(12)17)19-9-5-4-7-13-6-2-3-8-15(13)19/h2-3,6,8,10-11H,4-5,7,9,17H2,1H3. The molecule has 0 fully saturated rings. The Morgan fingerprint density at radius 1 is 1.21 bits per heavy atom. The molecule has 0 bridgehead atoms. The van der Waals surface area contributed by atoms with E-state index in [9.17, 15) is 0 Å². The molecule has 98 valence electrons. The fourth-order valence-corrected chi connectivity index (χ4v) is 2.63. The minimum atomic E-state index is 0.756. The highest BCUT2D eigenvalue weighted by Crippen LogP contribution is 2.32. The molecule has 2 N–H and O–H groups in total. The van der Waals surface area contributed by atoms with Crippen molar-refractivity contribution in [2.45, 2.75) is 26.2 Å². The number of para-hydroxylation sites is 1. The first-order valence-electron chi connectivity index (χ1n) is 6.83. The fourth-order valence-electron chi connectivity index (χ4n) is 2.63. The van der Waals surface area contributed by atoms with Gasteiger partial charge in [-0.3, -0.25) is 0 Å². The van der Waals surface area contributed by atoms with Gasteiger partial charge >= 0.3 is 0 Å². The van der Waals surface area contributed by atoms with Crippen LogP contribution in [0.2, 0.25) is 0 Å². The highest BCUT2D eigenvalue weighted by molar-refractivity contribution is 5.66. The monoisotopic (exact) mass is 253 g/mol. The molecule has 1 aliphatic heterocycles. The van der Waals surface area contributed by atoms with Crippen LogP contribution in [-0.2, 0) is 6.42 Å². The van der Waals surface area contributed by atoms with E-state index in [1.807, 2.05) is 6.92 Å². The fraction of sp³-hybridized carbons (Fsp3) is 0.312. The normalized spacial score (nSPS) is 14.9. The Morgan fingerprint density at radius 2 is 2.05 bits per heavy atom. The van der Waals surface area contributed by atoms with Gasteiger partial charge in [0.2, 0.25) is 0 Å². The zero-order chi connectivity index (χ0) is 13.2. The topological polar surface area (TPSA) is 42.2 Å². The molecule has 2 heterocycles. The van der Waals surface area contributed by atoms with Crippen molar-refractivity contribution in [1.82, 2.24) is 4.98 Å². The Labute approximate surface area is 114 Å². The summed E-state index contributed by atoms with van der Waals surface area (Å²) >= 11 is 0. The molecule has 19 heavy (non-hydrogen) atoms. The van der Waals surface area contributed by atoms with Crippen LogP contribution in [-0.4, -0.2) is 11.5 Å². The van der Waals surface area contributed by atoms with Crippen molar-refractivity contribution in [2.24, 2.45) is 0 Å². The van der Waals surface area contributed by atoms with E-state index >= 15 is 0 Å². The van der Waals surface area contributed by atoms with Crippen LogP contribution in [0.3, 0.4) is 0 Å². The molecular weight excluding hydrogens is 234 g/mol. The van der Waals surface area contributed by atoms with Crippen LogP contribution in [0.4, 0.5) is 17.2 Å². The number of nitrogen functional groups attached to an aromatic ring is 1. The highest BCUT2D eigenvalue weighted by atomic mass is 15.2. The Hall–Kier alpha value is -2.03. The van der Waals surface area contributed by atoms with Gasteiger partial charge in [0.05, 0.1) is 11.9 Å². The van der Waals surface area contributed by atoms with Gasteiger partial charge in [-0.1, -0.05) is 18.2 Å². The molecule has 0 saturated heterocycles. The van der Waals surface area contributed by atoms with Crippen molar-refractivity contribution in [3.63, 3.8) is 0 Å². The van der Waals surface area contributed by atoms with E-state index in [2.05, 4.69) is 40.2 Å². The summed E-state index contributed by atoms with van der Waals surface area (Å²) in [5, 5.41) is 0. The Bertz CT molecular complexity index is 592. The molecule has 1 aliphatic rings. The van der Waals surface area contributed by atoms with Gasteiger partial charge in [-0.25, -0.2) is 4.98 Å². The van der Waals surface area contributed by atoms with Crippen molar-refractivity contribution in [1.29, 1.82) is 0 Å². The zero-order valence-electron chi connectivity index (χ0n) is 11.3. The second-order valence-corrected chi connectivity index (χ2v) is 5.14. The third-order valence-electron chi connectivity index (χ3n) is 3.77. The first-order valence-corrected chi connectivity index (χ1v) is 6.83. The van der Waals surface area contributed by atoms with E-state index in [1.165, 1.54) is 24.1 Å². The summed E-state index contributed by atoms with van der Waals surface area (Å²) in [5.74, 6) is 1.00. The van der Waals surface area contributed by atoms with Crippen LogP contribution in [0.25, 0.3) is 0 Å². The van der Waals surface area contributed by atoms with E-state index in [1.54, 1.807) is 6.20 Å². The number of hydrogen-bond donors (Lipinski definition) is 1. The lowest BCUT2D eigenvalue weighted by atomic mass is 10.1. The van der Waals surface area contributed by atoms with Gasteiger partial charge in [0.25, 0.3) is 0 Å². The van der Waals surface area contributed by atoms with Crippen LogP contribution >= 0.6 is 0 Å². The number of fused-ring (bicyclic) bond motifs is 1. The van der Waals surface area contributed by atoms with Crippen molar-refractivity contribution >= 4 is 17.2 Å². The number of rotatable bonds is 1. The molecule has 0 radical (unpaired) electrons. The molecule has 2 aromatic rings. The third kappa shape index (κ3) is 2.28. The van der Waals surface area contributed by atoms with Gasteiger partial charge in [0.15, 0.2) is 0 Å². The lowest BCUT2D eigenvalue weighted by Gasteiger charge is -2.24. The maximum Gasteiger partial charge on any atom is 0.133 e. The van der Waals surface area contributed by atoms with Gasteiger partial charge in [-0.05, 0) is 49.4 Å². The first kappa shape index (κ1) is 12.0.